The Kier molecular flexibility index (Phi) is 12.0. The van der Waals surface area contributed by atoms with E-state index in [2.05, 4.69) is 141 Å². The van der Waals surface area contributed by atoms with Crippen molar-refractivity contribution in [2.45, 2.75) is 199 Å². The third-order valence-electron chi connectivity index (χ3n) is 12.2. The molecule has 0 radical (unpaired) electrons. The van der Waals surface area contributed by atoms with Gasteiger partial charge in [0.15, 0.2) is 50.9 Å². The van der Waals surface area contributed by atoms with E-state index in [1.807, 2.05) is 0 Å². The number of hydrogen-bond acceptors (Lipinski definition) is 7. The fourth-order valence-electron chi connectivity index (χ4n) is 4.72. The number of fused-ring (bicyclic) bond motifs is 1. The molecule has 270 valence electrons. The van der Waals surface area contributed by atoms with Gasteiger partial charge in [0.25, 0.3) is 0 Å². The predicted molar refractivity (Wildman–Crippen MR) is 199 cm³/mol. The van der Waals surface area contributed by atoms with E-state index in [-0.39, 0.29) is 51.3 Å². The number of nitrogens with one attached hydrogen (secondary N) is 1. The van der Waals surface area contributed by atoms with E-state index < -0.39 is 63.4 Å². The highest BCUT2D eigenvalue weighted by molar-refractivity contribution is 6.75. The smallest absolute Gasteiger partial charge is 0.222 e. The fraction of sp³-hybridized carbons (Fsp3) is 0.941. The van der Waals surface area contributed by atoms with Crippen LogP contribution in [0.3, 0.4) is 0 Å². The van der Waals surface area contributed by atoms with Crippen molar-refractivity contribution in [3.8, 4) is 0 Å². The van der Waals surface area contributed by atoms with Gasteiger partial charge in [-0.15, -0.1) is 0 Å². The van der Waals surface area contributed by atoms with Crippen LogP contribution in [0, 0.1) is 0 Å². The van der Waals surface area contributed by atoms with E-state index in [1.54, 1.807) is 0 Å². The Labute approximate surface area is 286 Å². The summed E-state index contributed by atoms with van der Waals surface area (Å²) in [5.74, 6) is -0.380. The molecule has 0 unspecified atom stereocenters. The number of carbonyl (C=O) groups is 2. The zero-order chi connectivity index (χ0) is 36.3. The number of amides is 1. The molecule has 12 heteroatoms. The summed E-state index contributed by atoms with van der Waals surface area (Å²) in [4.78, 5) is 28.1. The van der Waals surface area contributed by atoms with E-state index in [0.29, 0.717) is 0 Å². The van der Waals surface area contributed by atoms with Crippen molar-refractivity contribution < 1.29 is 32.0 Å². The number of hydrogen-bond donors (Lipinski definition) is 1. The first-order chi connectivity index (χ1) is 20.1. The molecule has 0 aromatic rings. The van der Waals surface area contributed by atoms with Crippen molar-refractivity contribution in [3.05, 3.63) is 0 Å². The SMILES string of the molecule is CC(C)(C)[Si](C)(C)OC[C@H]1O[C@H]2NC(=O)CCC(=O)[C@]2(O[Si](C)(C)C(C)(C)C)[C@@H](O[Si](C)(C)C(C)(C)C)[C@@H]1O[Si](C)(C)C(C)(C)C. The van der Waals surface area contributed by atoms with Crippen molar-refractivity contribution in [2.24, 2.45) is 0 Å². The van der Waals surface area contributed by atoms with Crippen LogP contribution in [0.15, 0.2) is 0 Å². The third kappa shape index (κ3) is 8.57. The van der Waals surface area contributed by atoms with Crippen LogP contribution in [0.25, 0.3) is 0 Å². The van der Waals surface area contributed by atoms with Gasteiger partial charge in [0, 0.05) is 12.8 Å². The molecule has 1 N–H and O–H groups in total. The van der Waals surface area contributed by atoms with Gasteiger partial charge in [0.2, 0.25) is 5.91 Å². The summed E-state index contributed by atoms with van der Waals surface area (Å²) < 4.78 is 36.0. The normalized spacial score (nSPS) is 28.1. The molecule has 2 heterocycles. The molecule has 0 spiro atoms. The van der Waals surface area contributed by atoms with Crippen LogP contribution < -0.4 is 5.32 Å². The first kappa shape index (κ1) is 42.0. The molecule has 2 fully saturated rings. The van der Waals surface area contributed by atoms with Crippen LogP contribution in [-0.4, -0.2) is 81.7 Å². The second-order valence-electron chi connectivity index (χ2n) is 19.9. The highest BCUT2D eigenvalue weighted by Gasteiger charge is 2.68. The first-order valence-corrected chi connectivity index (χ1v) is 28.9. The Morgan fingerprint density at radius 3 is 1.54 bits per heavy atom. The van der Waals surface area contributed by atoms with Crippen molar-refractivity contribution in [3.63, 3.8) is 0 Å². The summed E-state index contributed by atoms with van der Waals surface area (Å²) in [6.07, 6.45) is -2.96. The highest BCUT2D eigenvalue weighted by atomic mass is 28.4. The Morgan fingerprint density at radius 2 is 1.11 bits per heavy atom. The van der Waals surface area contributed by atoms with Crippen molar-refractivity contribution in [1.29, 1.82) is 0 Å². The zero-order valence-corrected chi connectivity index (χ0v) is 37.3. The molecule has 1 amide bonds. The standard InChI is InChI=1S/C34H71NO7Si4/c1-30(2,3)43(13,14)38-23-24-27(40-44(15,16)31(4,5)6)28(41-45(17,18)32(7,8)9)34(42-46(19,20)33(10,11)12)25(36)21-22-26(37)35-29(34)39-24/h24,27-29H,21-23H2,1-20H3,(H,35,37)/t24-,27-,28+,29-,34+/m1/s1. The van der Waals surface area contributed by atoms with Crippen LogP contribution in [0.1, 0.15) is 95.9 Å². The molecule has 5 atom stereocenters. The van der Waals surface area contributed by atoms with Crippen molar-refractivity contribution in [1.82, 2.24) is 5.32 Å². The van der Waals surface area contributed by atoms with E-state index >= 15 is 0 Å². The molecule has 2 rings (SSSR count). The lowest BCUT2D eigenvalue weighted by Crippen LogP contribution is -2.78. The maximum atomic E-state index is 14.8. The quantitative estimate of drug-likeness (QED) is 0.239. The van der Waals surface area contributed by atoms with E-state index in [4.69, 9.17) is 22.4 Å². The molecule has 0 aliphatic carbocycles. The minimum atomic E-state index is -2.66. The van der Waals surface area contributed by atoms with Gasteiger partial charge in [0.1, 0.15) is 18.3 Å². The van der Waals surface area contributed by atoms with Gasteiger partial charge in [-0.25, -0.2) is 0 Å². The molecule has 46 heavy (non-hydrogen) atoms. The molecule has 0 bridgehead atoms. The number of ketones is 1. The topological polar surface area (TPSA) is 92.3 Å². The Balaban J connectivity index is 3.00. The summed E-state index contributed by atoms with van der Waals surface area (Å²) in [6.45, 7) is 44.3. The average Bonchev–Trinajstić information content (AvgIpc) is 2.92. The monoisotopic (exact) mass is 717 g/mol. The molecular weight excluding hydrogens is 647 g/mol. The van der Waals surface area contributed by atoms with E-state index in [9.17, 15) is 9.59 Å². The molecular formula is C34H71NO7Si4. The molecule has 8 nitrogen and oxygen atoms in total. The van der Waals surface area contributed by atoms with Gasteiger partial charge >= 0.3 is 0 Å². The lowest BCUT2D eigenvalue weighted by Gasteiger charge is -2.59. The second kappa shape index (κ2) is 13.2. The first-order valence-electron chi connectivity index (χ1n) is 17.3. The molecule has 2 aliphatic rings. The number of ether oxygens (including phenoxy) is 1. The summed E-state index contributed by atoms with van der Waals surface area (Å²) in [5.41, 5.74) is -1.58. The van der Waals surface area contributed by atoms with Gasteiger partial charge in [-0.1, -0.05) is 83.1 Å². The Hall–Kier alpha value is -0.192. The van der Waals surface area contributed by atoms with Crippen LogP contribution in [0.4, 0.5) is 0 Å². The van der Waals surface area contributed by atoms with Crippen LogP contribution in [-0.2, 0) is 32.0 Å². The van der Waals surface area contributed by atoms with Gasteiger partial charge in [-0.3, -0.25) is 9.59 Å². The third-order valence-corrected chi connectivity index (χ3v) is 30.1. The average molecular weight is 718 g/mol. The second-order valence-corrected chi connectivity index (χ2v) is 39.0. The molecule has 2 aliphatic heterocycles. The lowest BCUT2D eigenvalue weighted by atomic mass is 9.81. The Morgan fingerprint density at radius 1 is 0.674 bits per heavy atom. The van der Waals surface area contributed by atoms with Crippen LogP contribution in [0.5, 0.6) is 0 Å². The van der Waals surface area contributed by atoms with Gasteiger partial charge in [0.05, 0.1) is 6.61 Å². The summed E-state index contributed by atoms with van der Waals surface area (Å²) in [6, 6.07) is 0. The summed E-state index contributed by atoms with van der Waals surface area (Å²) >= 11 is 0. The van der Waals surface area contributed by atoms with Crippen LogP contribution in [0.2, 0.25) is 72.5 Å². The predicted octanol–water partition coefficient (Wildman–Crippen LogP) is 8.75. The minimum absolute atomic E-state index is 0.0177. The van der Waals surface area contributed by atoms with Gasteiger partial charge < -0.3 is 27.8 Å². The van der Waals surface area contributed by atoms with Crippen molar-refractivity contribution >= 4 is 45.0 Å². The number of Topliss-reactive ketones (excluding diaryl/α,β-unsaturated/α-hetero) is 1. The van der Waals surface area contributed by atoms with Crippen molar-refractivity contribution in [2.75, 3.05) is 6.61 Å². The maximum Gasteiger partial charge on any atom is 0.222 e. The Bertz CT molecular complexity index is 1110. The largest absolute Gasteiger partial charge is 0.414 e. The molecule has 0 aromatic heterocycles. The van der Waals surface area contributed by atoms with Gasteiger partial charge in [-0.05, 0) is 72.5 Å². The zero-order valence-electron chi connectivity index (χ0n) is 33.3. The maximum absolute atomic E-state index is 14.8. The number of rotatable bonds is 9. The van der Waals surface area contributed by atoms with E-state index in [1.165, 1.54) is 0 Å². The highest BCUT2D eigenvalue weighted by Crippen LogP contribution is 2.50. The van der Waals surface area contributed by atoms with Crippen LogP contribution >= 0.6 is 0 Å². The molecule has 0 aromatic carbocycles. The molecule has 2 saturated heterocycles. The number of carbonyl (C=O) groups excluding carboxylic acids is 2. The minimum Gasteiger partial charge on any atom is -0.414 e. The molecule has 0 saturated carbocycles. The summed E-state index contributed by atoms with van der Waals surface area (Å²) in [5, 5.41) is 2.59. The fourth-order valence-corrected chi connectivity index (χ4v) is 9.83. The van der Waals surface area contributed by atoms with Gasteiger partial charge in [-0.2, -0.15) is 0 Å². The lowest BCUT2D eigenvalue weighted by molar-refractivity contribution is -0.257. The summed E-state index contributed by atoms with van der Waals surface area (Å²) in [7, 11) is -9.91. The van der Waals surface area contributed by atoms with E-state index in [0.717, 1.165) is 0 Å².